The van der Waals surface area contributed by atoms with Gasteiger partial charge in [-0.05, 0) is 49.7 Å². The van der Waals surface area contributed by atoms with Crippen LogP contribution in [-0.4, -0.2) is 58.5 Å². The summed E-state index contributed by atoms with van der Waals surface area (Å²) in [5.41, 5.74) is 3.02. The van der Waals surface area contributed by atoms with Gasteiger partial charge in [0.15, 0.2) is 0 Å². The van der Waals surface area contributed by atoms with E-state index in [0.29, 0.717) is 13.1 Å². The molecule has 0 radical (unpaired) electrons. The maximum atomic E-state index is 12.9. The molecule has 1 saturated heterocycles. The molecule has 1 aliphatic rings. The van der Waals surface area contributed by atoms with Crippen LogP contribution in [0.15, 0.2) is 53.4 Å². The molecule has 3 rings (SSSR count). The Bertz CT molecular complexity index is 952. The predicted molar refractivity (Wildman–Crippen MR) is 116 cm³/mol. The van der Waals surface area contributed by atoms with Crippen LogP contribution in [0.5, 0.6) is 0 Å². The summed E-state index contributed by atoms with van der Waals surface area (Å²) < 4.78 is 22.8. The standard InChI is InChI=1S/C21H28N4O3S/c1-3-25(20-7-5-4-6-17(20)2)21(26)16-23-12-14-24(15-13-23)18-8-10-19(11-9-18)29(22,27)28/h4-11H,3,12-16H2,1-2H3,(H2,22,27,28). The molecule has 0 unspecified atom stereocenters. The van der Waals surface area contributed by atoms with Crippen LogP contribution in [0.3, 0.4) is 0 Å². The number of benzene rings is 2. The molecule has 1 amide bonds. The highest BCUT2D eigenvalue weighted by atomic mass is 32.2. The lowest BCUT2D eigenvalue weighted by molar-refractivity contribution is -0.119. The molecule has 0 aromatic heterocycles. The van der Waals surface area contributed by atoms with Gasteiger partial charge in [-0.25, -0.2) is 13.6 Å². The van der Waals surface area contributed by atoms with Gasteiger partial charge in [-0.3, -0.25) is 9.69 Å². The summed E-state index contributed by atoms with van der Waals surface area (Å²) in [7, 11) is -3.68. The van der Waals surface area contributed by atoms with Crippen LogP contribution in [0.25, 0.3) is 0 Å². The fourth-order valence-electron chi connectivity index (χ4n) is 3.63. The maximum absolute atomic E-state index is 12.9. The third-order valence-electron chi connectivity index (χ3n) is 5.29. The van der Waals surface area contributed by atoms with Gasteiger partial charge in [0, 0.05) is 44.1 Å². The Morgan fingerprint density at radius 3 is 2.21 bits per heavy atom. The topological polar surface area (TPSA) is 86.9 Å². The van der Waals surface area contributed by atoms with Gasteiger partial charge in [0.05, 0.1) is 11.4 Å². The van der Waals surface area contributed by atoms with Crippen LogP contribution in [0.4, 0.5) is 11.4 Å². The molecule has 2 aromatic rings. The van der Waals surface area contributed by atoms with Gasteiger partial charge in [-0.15, -0.1) is 0 Å². The van der Waals surface area contributed by atoms with Crippen molar-refractivity contribution in [2.45, 2.75) is 18.7 Å². The van der Waals surface area contributed by atoms with Crippen molar-refractivity contribution in [3.05, 3.63) is 54.1 Å². The molecular weight excluding hydrogens is 388 g/mol. The van der Waals surface area contributed by atoms with Gasteiger partial charge in [-0.1, -0.05) is 18.2 Å². The number of piperazine rings is 1. The minimum absolute atomic E-state index is 0.104. The summed E-state index contributed by atoms with van der Waals surface area (Å²) >= 11 is 0. The molecule has 0 bridgehead atoms. The molecule has 1 heterocycles. The highest BCUT2D eigenvalue weighted by molar-refractivity contribution is 7.89. The highest BCUT2D eigenvalue weighted by Gasteiger charge is 2.23. The number of nitrogens with two attached hydrogens (primary N) is 1. The van der Waals surface area contributed by atoms with Gasteiger partial charge in [0.25, 0.3) is 0 Å². The minimum atomic E-state index is -3.68. The summed E-state index contributed by atoms with van der Waals surface area (Å²) in [4.78, 5) is 19.2. The normalized spacial score (nSPS) is 15.3. The van der Waals surface area contributed by atoms with Crippen molar-refractivity contribution in [2.24, 2.45) is 5.14 Å². The summed E-state index contributed by atoms with van der Waals surface area (Å²) in [6.07, 6.45) is 0. The summed E-state index contributed by atoms with van der Waals surface area (Å²) in [6, 6.07) is 14.5. The number of anilines is 2. The number of para-hydroxylation sites is 1. The second-order valence-corrected chi connectivity index (χ2v) is 8.79. The number of hydrogen-bond donors (Lipinski definition) is 1. The molecule has 29 heavy (non-hydrogen) atoms. The van der Waals surface area contributed by atoms with Gasteiger partial charge in [0.2, 0.25) is 15.9 Å². The number of carbonyl (C=O) groups is 1. The van der Waals surface area contributed by atoms with Crippen molar-refractivity contribution in [2.75, 3.05) is 49.1 Å². The average Bonchev–Trinajstić information content (AvgIpc) is 2.70. The van der Waals surface area contributed by atoms with Crippen LogP contribution >= 0.6 is 0 Å². The SMILES string of the molecule is CCN(C(=O)CN1CCN(c2ccc(S(N)(=O)=O)cc2)CC1)c1ccccc1C. The summed E-state index contributed by atoms with van der Waals surface area (Å²) in [6.45, 7) is 8.14. The maximum Gasteiger partial charge on any atom is 0.241 e. The molecule has 0 aliphatic carbocycles. The van der Waals surface area contributed by atoms with Crippen molar-refractivity contribution in [1.82, 2.24) is 4.90 Å². The van der Waals surface area contributed by atoms with Crippen molar-refractivity contribution in [3.8, 4) is 0 Å². The van der Waals surface area contributed by atoms with E-state index in [4.69, 9.17) is 5.14 Å². The van der Waals surface area contributed by atoms with Crippen molar-refractivity contribution in [3.63, 3.8) is 0 Å². The fraction of sp³-hybridized carbons (Fsp3) is 0.381. The fourth-order valence-corrected chi connectivity index (χ4v) is 4.15. The van der Waals surface area contributed by atoms with Crippen molar-refractivity contribution in [1.29, 1.82) is 0 Å². The van der Waals surface area contributed by atoms with Gasteiger partial charge >= 0.3 is 0 Å². The Kier molecular flexibility index (Phi) is 6.56. The minimum Gasteiger partial charge on any atom is -0.369 e. The van der Waals surface area contributed by atoms with E-state index in [1.807, 2.05) is 43.0 Å². The molecule has 0 spiro atoms. The van der Waals surface area contributed by atoms with E-state index in [0.717, 1.165) is 43.1 Å². The molecule has 156 valence electrons. The number of sulfonamides is 1. The van der Waals surface area contributed by atoms with Crippen LogP contribution < -0.4 is 14.9 Å². The number of likely N-dealkylation sites (N-methyl/N-ethyl adjacent to an activating group) is 1. The molecule has 0 saturated carbocycles. The molecule has 8 heteroatoms. The number of hydrogen-bond acceptors (Lipinski definition) is 5. The lowest BCUT2D eigenvalue weighted by Gasteiger charge is -2.36. The molecular formula is C21H28N4O3S. The average molecular weight is 417 g/mol. The van der Waals surface area contributed by atoms with Crippen LogP contribution in [-0.2, 0) is 14.8 Å². The smallest absolute Gasteiger partial charge is 0.241 e. The number of carbonyl (C=O) groups excluding carboxylic acids is 1. The highest BCUT2D eigenvalue weighted by Crippen LogP contribution is 2.21. The first kappa shape index (κ1) is 21.3. The van der Waals surface area contributed by atoms with E-state index < -0.39 is 10.0 Å². The van der Waals surface area contributed by atoms with Crippen LogP contribution in [0, 0.1) is 6.92 Å². The Labute approximate surface area is 172 Å². The van der Waals surface area contributed by atoms with E-state index in [1.165, 1.54) is 12.1 Å². The quantitative estimate of drug-likeness (QED) is 0.776. The zero-order valence-electron chi connectivity index (χ0n) is 16.9. The summed E-state index contributed by atoms with van der Waals surface area (Å²) in [5.74, 6) is 0.104. The Morgan fingerprint density at radius 2 is 1.66 bits per heavy atom. The van der Waals surface area contributed by atoms with Gasteiger partial charge in [-0.2, -0.15) is 0 Å². The van der Waals surface area contributed by atoms with E-state index in [9.17, 15) is 13.2 Å². The van der Waals surface area contributed by atoms with E-state index in [1.54, 1.807) is 12.1 Å². The number of rotatable bonds is 6. The lowest BCUT2D eigenvalue weighted by atomic mass is 10.1. The molecule has 2 aromatic carbocycles. The predicted octanol–water partition coefficient (Wildman–Crippen LogP) is 1.82. The Hall–Kier alpha value is -2.42. The van der Waals surface area contributed by atoms with Crippen LogP contribution in [0.2, 0.25) is 0 Å². The Morgan fingerprint density at radius 1 is 1.03 bits per heavy atom. The number of amides is 1. The van der Waals surface area contributed by atoms with E-state index >= 15 is 0 Å². The lowest BCUT2D eigenvalue weighted by Crippen LogP contribution is -2.50. The largest absolute Gasteiger partial charge is 0.369 e. The third kappa shape index (κ3) is 5.14. The molecule has 2 N–H and O–H groups in total. The van der Waals surface area contributed by atoms with Crippen molar-refractivity contribution < 1.29 is 13.2 Å². The van der Waals surface area contributed by atoms with Gasteiger partial charge < -0.3 is 9.80 Å². The number of nitrogens with zero attached hydrogens (tertiary/aromatic N) is 3. The number of aryl methyl sites for hydroxylation is 1. The van der Waals surface area contributed by atoms with Crippen LogP contribution in [0.1, 0.15) is 12.5 Å². The first-order valence-electron chi connectivity index (χ1n) is 9.75. The van der Waals surface area contributed by atoms with E-state index in [-0.39, 0.29) is 10.8 Å². The second kappa shape index (κ2) is 8.94. The second-order valence-electron chi connectivity index (χ2n) is 7.23. The third-order valence-corrected chi connectivity index (χ3v) is 6.21. The Balaban J connectivity index is 1.58. The molecule has 7 nitrogen and oxygen atoms in total. The zero-order chi connectivity index (χ0) is 21.0. The first-order chi connectivity index (χ1) is 13.8. The first-order valence-corrected chi connectivity index (χ1v) is 11.3. The monoisotopic (exact) mass is 416 g/mol. The zero-order valence-corrected chi connectivity index (χ0v) is 17.7. The summed E-state index contributed by atoms with van der Waals surface area (Å²) in [5, 5.41) is 5.15. The van der Waals surface area contributed by atoms with Crippen molar-refractivity contribution >= 4 is 27.3 Å². The molecule has 0 atom stereocenters. The van der Waals surface area contributed by atoms with E-state index in [2.05, 4.69) is 9.80 Å². The van der Waals surface area contributed by atoms with Gasteiger partial charge in [0.1, 0.15) is 0 Å². The molecule has 1 fully saturated rings. The number of primary sulfonamides is 1. The molecule has 1 aliphatic heterocycles.